The van der Waals surface area contributed by atoms with Crippen LogP contribution < -0.4 is 14.2 Å². The summed E-state index contributed by atoms with van der Waals surface area (Å²) in [7, 11) is -0.00443. The topological polar surface area (TPSA) is 176 Å². The predicted octanol–water partition coefficient (Wildman–Crippen LogP) is 2.05. The van der Waals surface area contributed by atoms with Gasteiger partial charge in [0.15, 0.2) is 11.5 Å². The normalized spacial score (nSPS) is 19.5. The third-order valence-corrected chi connectivity index (χ3v) is 8.30. The van der Waals surface area contributed by atoms with Crippen molar-refractivity contribution in [2.24, 2.45) is 0 Å². The van der Waals surface area contributed by atoms with E-state index in [1.54, 1.807) is 0 Å². The Morgan fingerprint density at radius 1 is 1.05 bits per heavy atom. The Kier molecular flexibility index (Phi) is 8.60. The van der Waals surface area contributed by atoms with Crippen LogP contribution in [-0.4, -0.2) is 80.9 Å². The molecule has 1 saturated carbocycles. The van der Waals surface area contributed by atoms with Gasteiger partial charge in [0.1, 0.15) is 23.5 Å². The second-order valence-electron chi connectivity index (χ2n) is 8.68. The van der Waals surface area contributed by atoms with E-state index in [-0.39, 0.29) is 29.2 Å². The van der Waals surface area contributed by atoms with E-state index in [1.807, 2.05) is 0 Å². The highest BCUT2D eigenvalue weighted by molar-refractivity contribution is 7.93. The maximum Gasteiger partial charge on any atom is 0.245 e. The fourth-order valence-electron chi connectivity index (χ4n) is 4.43. The fourth-order valence-corrected chi connectivity index (χ4v) is 5.66. The molecule has 0 amide bonds. The Hall–Kier alpha value is -3.14. The summed E-state index contributed by atoms with van der Waals surface area (Å²) >= 11 is 5.88. The van der Waals surface area contributed by atoms with Crippen LogP contribution in [0.3, 0.4) is 0 Å². The zero-order chi connectivity index (χ0) is 27.4. The Morgan fingerprint density at radius 2 is 1.68 bits per heavy atom. The number of rotatable bonds is 10. The lowest BCUT2D eigenvalue weighted by Gasteiger charge is -2.28. The lowest BCUT2D eigenvalue weighted by atomic mass is 9.86. The summed E-state index contributed by atoms with van der Waals surface area (Å²) in [5, 5.41) is 18.3. The number of ether oxygens (including phenoxy) is 3. The van der Waals surface area contributed by atoms with Crippen LogP contribution in [0, 0.1) is 0 Å². The molecule has 3 aromatic heterocycles. The number of methoxy groups -OCH3 is 3. The molecule has 2 N–H and O–H groups in total. The number of sulfonamides is 1. The third-order valence-electron chi connectivity index (χ3n) is 6.41. The number of hydrogen-bond donors (Lipinski definition) is 2. The summed E-state index contributed by atoms with van der Waals surface area (Å²) in [5.74, 6) is 0.0704. The van der Waals surface area contributed by atoms with Crippen molar-refractivity contribution in [1.82, 2.24) is 34.7 Å². The van der Waals surface area contributed by atoms with Crippen LogP contribution in [0.15, 0.2) is 18.7 Å². The van der Waals surface area contributed by atoms with Gasteiger partial charge in [0.2, 0.25) is 27.7 Å². The first-order valence-corrected chi connectivity index (χ1v) is 13.7. The average Bonchev–Trinajstić information content (AvgIpc) is 3.31. The molecule has 0 bridgehead atoms. The molecule has 0 aliphatic heterocycles. The number of aromatic nitrogens is 7. The van der Waals surface area contributed by atoms with Gasteiger partial charge in [-0.2, -0.15) is 9.97 Å². The van der Waals surface area contributed by atoms with Crippen molar-refractivity contribution in [1.29, 1.82) is 0 Å². The Labute approximate surface area is 224 Å². The summed E-state index contributed by atoms with van der Waals surface area (Å²) in [6, 6.07) is 0. The first-order chi connectivity index (χ1) is 18.2. The van der Waals surface area contributed by atoms with E-state index in [9.17, 15) is 13.5 Å². The molecule has 14 nitrogen and oxygen atoms in total. The van der Waals surface area contributed by atoms with Gasteiger partial charge in [-0.3, -0.25) is 9.29 Å². The number of hydrogen-bond acceptors (Lipinski definition) is 12. The van der Waals surface area contributed by atoms with Gasteiger partial charge in [-0.15, -0.1) is 10.2 Å². The monoisotopic (exact) mass is 568 g/mol. The molecule has 0 saturated heterocycles. The van der Waals surface area contributed by atoms with E-state index in [4.69, 9.17) is 25.8 Å². The maximum absolute atomic E-state index is 13.6. The number of aliphatic hydroxyl groups is 1. The highest BCUT2D eigenvalue weighted by Gasteiger charge is 2.37. The van der Waals surface area contributed by atoms with Crippen molar-refractivity contribution >= 4 is 27.6 Å². The van der Waals surface area contributed by atoms with Gasteiger partial charge in [-0.25, -0.2) is 18.4 Å². The molecule has 4 atom stereocenters. The molecule has 3 heterocycles. The molecule has 1 aliphatic carbocycles. The molecule has 1 fully saturated rings. The molecular weight excluding hydrogens is 540 g/mol. The van der Waals surface area contributed by atoms with Crippen molar-refractivity contribution in [2.45, 2.75) is 56.0 Å². The van der Waals surface area contributed by atoms with E-state index in [1.165, 1.54) is 51.5 Å². The highest BCUT2D eigenvalue weighted by atomic mass is 35.5. The smallest absolute Gasteiger partial charge is 0.245 e. The van der Waals surface area contributed by atoms with Crippen molar-refractivity contribution in [3.05, 3.63) is 35.4 Å². The minimum absolute atomic E-state index is 0.0982. The molecule has 0 radical (unpaired) electrons. The first kappa shape index (κ1) is 27.9. The van der Waals surface area contributed by atoms with Crippen LogP contribution >= 0.6 is 11.6 Å². The minimum atomic E-state index is -4.18. The molecule has 1 aliphatic rings. The summed E-state index contributed by atoms with van der Waals surface area (Å²) in [6.45, 7) is 1.45. The van der Waals surface area contributed by atoms with Gasteiger partial charge < -0.3 is 19.3 Å². The number of anilines is 1. The molecule has 0 spiro atoms. The van der Waals surface area contributed by atoms with Crippen LogP contribution in [0.5, 0.6) is 11.8 Å². The van der Waals surface area contributed by atoms with E-state index >= 15 is 0 Å². The third kappa shape index (κ3) is 5.50. The minimum Gasteiger partial charge on any atom is -0.479 e. The van der Waals surface area contributed by atoms with Crippen LogP contribution in [0.25, 0.3) is 5.69 Å². The fraction of sp³-hybridized carbons (Fsp3) is 0.545. The highest BCUT2D eigenvalue weighted by Crippen LogP contribution is 2.39. The van der Waals surface area contributed by atoms with E-state index < -0.39 is 33.4 Å². The van der Waals surface area contributed by atoms with E-state index in [0.29, 0.717) is 23.7 Å². The van der Waals surface area contributed by atoms with Crippen LogP contribution in [-0.2, 0) is 14.8 Å². The Morgan fingerprint density at radius 3 is 2.26 bits per heavy atom. The number of nitrogens with one attached hydrogen (secondary N) is 1. The molecule has 3 aromatic rings. The molecular formula is C22H29ClN8O6S. The van der Waals surface area contributed by atoms with E-state index in [0.717, 1.165) is 12.8 Å². The van der Waals surface area contributed by atoms with E-state index in [2.05, 4.69) is 34.9 Å². The summed E-state index contributed by atoms with van der Waals surface area (Å²) in [6.07, 6.45) is 5.18. The van der Waals surface area contributed by atoms with Gasteiger partial charge in [-0.1, -0.05) is 24.4 Å². The van der Waals surface area contributed by atoms with Crippen LogP contribution in [0.1, 0.15) is 56.3 Å². The van der Waals surface area contributed by atoms with Crippen LogP contribution in [0.2, 0.25) is 5.02 Å². The quantitative estimate of drug-likeness (QED) is 0.364. The molecule has 16 heteroatoms. The van der Waals surface area contributed by atoms with Crippen molar-refractivity contribution < 1.29 is 27.7 Å². The molecule has 0 unspecified atom stereocenters. The zero-order valence-corrected chi connectivity index (χ0v) is 22.8. The van der Waals surface area contributed by atoms with Gasteiger partial charge >= 0.3 is 0 Å². The molecule has 0 aromatic carbocycles. The molecule has 4 rings (SSSR count). The average molecular weight is 569 g/mol. The Balaban J connectivity index is 1.80. The number of halogens is 1. The number of nitrogens with zero attached hydrogens (tertiary/aromatic N) is 7. The summed E-state index contributed by atoms with van der Waals surface area (Å²) in [4.78, 5) is 16.5. The predicted molar refractivity (Wildman–Crippen MR) is 136 cm³/mol. The lowest BCUT2D eigenvalue weighted by Crippen LogP contribution is -2.33. The van der Waals surface area contributed by atoms with Gasteiger partial charge in [0, 0.05) is 25.4 Å². The Bertz CT molecular complexity index is 1330. The first-order valence-electron chi connectivity index (χ1n) is 11.8. The van der Waals surface area contributed by atoms with Crippen LogP contribution in [0.4, 0.5) is 5.95 Å². The summed E-state index contributed by atoms with van der Waals surface area (Å²) in [5.41, 5.74) is 0.185. The van der Waals surface area contributed by atoms with Crippen molar-refractivity contribution in [2.75, 3.05) is 26.1 Å². The maximum atomic E-state index is 13.6. The van der Waals surface area contributed by atoms with Crippen molar-refractivity contribution in [3.8, 4) is 17.4 Å². The summed E-state index contributed by atoms with van der Waals surface area (Å²) < 4.78 is 47.4. The number of aliphatic hydroxyl groups excluding tert-OH is 1. The van der Waals surface area contributed by atoms with Gasteiger partial charge in [-0.05, 0) is 19.8 Å². The SMILES string of the molecule is COc1ncnc(OC)c1-n1c(NS(=O)(=O)[C@@H](C)[C@H](OC)c2ncc(Cl)cn2)nnc1[C@H]1CCCC[C@@H]1O. The second-order valence-corrected chi connectivity index (χ2v) is 11.2. The largest absolute Gasteiger partial charge is 0.479 e. The molecule has 38 heavy (non-hydrogen) atoms. The lowest BCUT2D eigenvalue weighted by molar-refractivity contribution is 0.0950. The molecule has 206 valence electrons. The standard InChI is InChI=1S/C22H29ClN8O6S/c1-12(17(35-2)18-24-9-13(23)10-25-18)38(33,34)30-22-29-28-19(14-7-5-6-8-15(14)32)31(22)16-20(36-3)26-11-27-21(16)37-4/h9-12,14-15,17,32H,5-8H2,1-4H3,(H,29,30)/t12-,14-,15-,17-/m0/s1. The van der Waals surface area contributed by atoms with Gasteiger partial charge in [0.05, 0.1) is 25.3 Å². The second kappa shape index (κ2) is 11.7. The van der Waals surface area contributed by atoms with Gasteiger partial charge in [0.25, 0.3) is 0 Å². The zero-order valence-electron chi connectivity index (χ0n) is 21.3. The van der Waals surface area contributed by atoms with Crippen molar-refractivity contribution in [3.63, 3.8) is 0 Å².